The molecule has 0 spiro atoms. The Balaban J connectivity index is 1.79. The Bertz CT molecular complexity index is 592. The van der Waals surface area contributed by atoms with Crippen molar-refractivity contribution in [1.29, 1.82) is 5.26 Å². The summed E-state index contributed by atoms with van der Waals surface area (Å²) >= 11 is 0. The van der Waals surface area contributed by atoms with Crippen LogP contribution in [0.15, 0.2) is 36.4 Å². The number of aromatic amines is 1. The van der Waals surface area contributed by atoms with Crippen LogP contribution in [-0.4, -0.2) is 11.3 Å². The van der Waals surface area contributed by atoms with Crippen molar-refractivity contribution in [2.75, 3.05) is 0 Å². The van der Waals surface area contributed by atoms with Crippen LogP contribution >= 0.6 is 0 Å². The van der Waals surface area contributed by atoms with Gasteiger partial charge in [0.25, 0.3) is 0 Å². The van der Waals surface area contributed by atoms with Crippen molar-refractivity contribution in [3.63, 3.8) is 0 Å². The van der Waals surface area contributed by atoms with E-state index >= 15 is 0 Å². The van der Waals surface area contributed by atoms with Crippen LogP contribution in [0.4, 0.5) is 0 Å². The molecule has 0 saturated carbocycles. The highest BCUT2D eigenvalue weighted by atomic mass is 16.1. The van der Waals surface area contributed by atoms with Crippen molar-refractivity contribution in [2.45, 2.75) is 96.3 Å². The van der Waals surface area contributed by atoms with Crippen LogP contribution in [0.25, 0.3) is 0 Å². The summed E-state index contributed by atoms with van der Waals surface area (Å²) in [5, 5.41) is 8.46. The number of aromatic nitrogens is 1. The Morgan fingerprint density at radius 2 is 1.39 bits per heavy atom. The molecule has 1 heterocycles. The number of aryl methyl sites for hydroxylation is 1. The molecule has 0 atom stereocenters. The van der Waals surface area contributed by atoms with Crippen LogP contribution in [0, 0.1) is 11.3 Å². The van der Waals surface area contributed by atoms with Gasteiger partial charge in [0.15, 0.2) is 6.29 Å². The first-order chi connectivity index (χ1) is 13.9. The van der Waals surface area contributed by atoms with Gasteiger partial charge in [-0.05, 0) is 63.5 Å². The Morgan fingerprint density at radius 1 is 0.786 bits per heavy atom. The molecule has 0 amide bonds. The SMILES string of the molecule is N#CCCCCC=CCC=CCCCCCCCCCCc1ccc(C=O)[nH]1. The fourth-order valence-electron chi connectivity index (χ4n) is 3.28. The highest BCUT2D eigenvalue weighted by Gasteiger charge is 1.98. The van der Waals surface area contributed by atoms with E-state index in [0.29, 0.717) is 12.1 Å². The maximum atomic E-state index is 10.6. The number of hydrogen-bond donors (Lipinski definition) is 1. The van der Waals surface area contributed by atoms with E-state index in [1.54, 1.807) is 0 Å². The second-order valence-electron chi connectivity index (χ2n) is 7.51. The molecule has 0 aliphatic rings. The number of nitrogens with zero attached hydrogens (tertiary/aromatic N) is 1. The highest BCUT2D eigenvalue weighted by molar-refractivity contribution is 5.71. The van der Waals surface area contributed by atoms with Crippen molar-refractivity contribution < 1.29 is 4.79 Å². The molecule has 1 aromatic heterocycles. The van der Waals surface area contributed by atoms with Crippen LogP contribution < -0.4 is 0 Å². The minimum atomic E-state index is 0.685. The Morgan fingerprint density at radius 3 is 2.00 bits per heavy atom. The molecule has 0 saturated heterocycles. The zero-order valence-corrected chi connectivity index (χ0v) is 17.5. The third-order valence-corrected chi connectivity index (χ3v) is 4.98. The molecule has 0 aliphatic heterocycles. The minimum Gasteiger partial charge on any atom is -0.356 e. The average Bonchev–Trinajstić information content (AvgIpc) is 3.18. The van der Waals surface area contributed by atoms with E-state index in [1.807, 2.05) is 12.1 Å². The smallest absolute Gasteiger partial charge is 0.166 e. The molecule has 0 aromatic carbocycles. The van der Waals surface area contributed by atoms with Crippen LogP contribution in [0.2, 0.25) is 0 Å². The number of aldehydes is 1. The standard InChI is InChI=1S/C25H38N2O/c26-22-18-16-14-12-10-8-6-4-2-1-3-5-7-9-11-13-15-17-19-24-20-21-25(23-28)27-24/h2,4,8,10,20-21,23,27H,1,3,5-7,9,11-19H2. The van der Waals surface area contributed by atoms with Crippen LogP contribution in [0.3, 0.4) is 0 Å². The van der Waals surface area contributed by atoms with Crippen molar-refractivity contribution in [1.82, 2.24) is 4.98 Å². The maximum Gasteiger partial charge on any atom is 0.166 e. The van der Waals surface area contributed by atoms with Gasteiger partial charge in [0.1, 0.15) is 0 Å². The van der Waals surface area contributed by atoms with E-state index in [1.165, 1.54) is 63.5 Å². The highest BCUT2D eigenvalue weighted by Crippen LogP contribution is 2.12. The molecule has 1 aromatic rings. The largest absolute Gasteiger partial charge is 0.356 e. The number of nitrogens with one attached hydrogen (secondary N) is 1. The summed E-state index contributed by atoms with van der Waals surface area (Å²) in [6.45, 7) is 0. The molecule has 1 rings (SSSR count). The number of nitriles is 1. The molecular formula is C25H38N2O. The Kier molecular flexibility index (Phi) is 15.7. The first-order valence-electron chi connectivity index (χ1n) is 11.2. The first-order valence-corrected chi connectivity index (χ1v) is 11.2. The van der Waals surface area contributed by atoms with Gasteiger partial charge in [0.2, 0.25) is 0 Å². The summed E-state index contributed by atoms with van der Waals surface area (Å²) in [5.41, 5.74) is 1.87. The Hall–Kier alpha value is -2.08. The van der Waals surface area contributed by atoms with Gasteiger partial charge in [0.05, 0.1) is 11.8 Å². The second kappa shape index (κ2) is 18.3. The normalized spacial score (nSPS) is 11.4. The molecule has 0 fully saturated rings. The average molecular weight is 383 g/mol. The lowest BCUT2D eigenvalue weighted by atomic mass is 10.1. The number of carbonyl (C=O) groups excluding carboxylic acids is 1. The predicted molar refractivity (Wildman–Crippen MR) is 118 cm³/mol. The summed E-state index contributed by atoms with van der Waals surface area (Å²) < 4.78 is 0. The third kappa shape index (κ3) is 14.0. The summed E-state index contributed by atoms with van der Waals surface area (Å²) in [7, 11) is 0. The number of hydrogen-bond acceptors (Lipinski definition) is 2. The monoisotopic (exact) mass is 382 g/mol. The summed E-state index contributed by atoms with van der Waals surface area (Å²) in [4.78, 5) is 13.8. The van der Waals surface area contributed by atoms with Gasteiger partial charge in [-0.15, -0.1) is 0 Å². The quantitative estimate of drug-likeness (QED) is 0.163. The summed E-state index contributed by atoms with van der Waals surface area (Å²) in [5.74, 6) is 0. The van der Waals surface area contributed by atoms with E-state index in [-0.39, 0.29) is 0 Å². The molecule has 154 valence electrons. The second-order valence-corrected chi connectivity index (χ2v) is 7.51. The van der Waals surface area contributed by atoms with Gasteiger partial charge < -0.3 is 4.98 Å². The molecule has 1 N–H and O–H groups in total. The maximum absolute atomic E-state index is 10.6. The molecular weight excluding hydrogens is 344 g/mol. The fraction of sp³-hybridized carbons (Fsp3) is 0.600. The molecule has 3 nitrogen and oxygen atoms in total. The zero-order valence-electron chi connectivity index (χ0n) is 17.5. The van der Waals surface area contributed by atoms with Gasteiger partial charge >= 0.3 is 0 Å². The van der Waals surface area contributed by atoms with Crippen LogP contribution in [0.1, 0.15) is 106 Å². The molecule has 0 unspecified atom stereocenters. The Labute approximate surface area is 171 Å². The van der Waals surface area contributed by atoms with E-state index in [2.05, 4.69) is 35.4 Å². The lowest BCUT2D eigenvalue weighted by Gasteiger charge is -2.01. The lowest BCUT2D eigenvalue weighted by Crippen LogP contribution is -1.88. The molecule has 0 bridgehead atoms. The van der Waals surface area contributed by atoms with E-state index in [4.69, 9.17) is 5.26 Å². The summed E-state index contributed by atoms with van der Waals surface area (Å²) in [6.07, 6.45) is 27.7. The molecule has 0 radical (unpaired) electrons. The topological polar surface area (TPSA) is 56.6 Å². The van der Waals surface area contributed by atoms with Crippen molar-refractivity contribution >= 4 is 6.29 Å². The van der Waals surface area contributed by atoms with Crippen molar-refractivity contribution in [3.05, 3.63) is 47.8 Å². The lowest BCUT2D eigenvalue weighted by molar-refractivity contribution is 0.111. The van der Waals surface area contributed by atoms with Gasteiger partial charge in [-0.25, -0.2) is 0 Å². The minimum absolute atomic E-state index is 0.685. The number of allylic oxidation sites excluding steroid dienone is 4. The number of rotatable bonds is 18. The van der Waals surface area contributed by atoms with Crippen LogP contribution in [-0.2, 0) is 6.42 Å². The van der Waals surface area contributed by atoms with E-state index in [9.17, 15) is 4.79 Å². The van der Waals surface area contributed by atoms with Crippen molar-refractivity contribution in [3.8, 4) is 6.07 Å². The third-order valence-electron chi connectivity index (χ3n) is 4.98. The number of H-pyrrole nitrogens is 1. The molecule has 0 aliphatic carbocycles. The first kappa shape index (κ1) is 24.0. The van der Waals surface area contributed by atoms with Gasteiger partial charge in [0, 0.05) is 12.1 Å². The van der Waals surface area contributed by atoms with E-state index in [0.717, 1.165) is 38.4 Å². The zero-order chi connectivity index (χ0) is 20.1. The van der Waals surface area contributed by atoms with E-state index < -0.39 is 0 Å². The number of unbranched alkanes of at least 4 members (excludes halogenated alkanes) is 11. The number of carbonyl (C=O) groups is 1. The molecule has 3 heteroatoms. The predicted octanol–water partition coefficient (Wildman–Crippen LogP) is 7.47. The van der Waals surface area contributed by atoms with Crippen LogP contribution in [0.5, 0.6) is 0 Å². The fourth-order valence-corrected chi connectivity index (χ4v) is 3.28. The van der Waals surface area contributed by atoms with Gasteiger partial charge in [-0.1, -0.05) is 62.8 Å². The van der Waals surface area contributed by atoms with Crippen molar-refractivity contribution in [2.24, 2.45) is 0 Å². The van der Waals surface area contributed by atoms with Gasteiger partial charge in [-0.3, -0.25) is 4.79 Å². The van der Waals surface area contributed by atoms with Gasteiger partial charge in [-0.2, -0.15) is 5.26 Å². The molecule has 28 heavy (non-hydrogen) atoms. The summed E-state index contributed by atoms with van der Waals surface area (Å²) in [6, 6.07) is 6.06.